The number of hydrogen-bond acceptors (Lipinski definition) is 3. The van der Waals surface area contributed by atoms with Gasteiger partial charge in [0.1, 0.15) is 0 Å². The van der Waals surface area contributed by atoms with Crippen molar-refractivity contribution in [3.63, 3.8) is 0 Å². The highest BCUT2D eigenvalue weighted by molar-refractivity contribution is 5.98. The monoisotopic (exact) mass is 223 g/mol. The van der Waals surface area contributed by atoms with Crippen LogP contribution >= 0.6 is 0 Å². The first-order valence-corrected chi connectivity index (χ1v) is 6.37. The zero-order valence-corrected chi connectivity index (χ0v) is 10.1. The number of hydrogen-bond donors (Lipinski definition) is 1. The fourth-order valence-corrected chi connectivity index (χ4v) is 2.72. The van der Waals surface area contributed by atoms with E-state index >= 15 is 0 Å². The topological polar surface area (TPSA) is 38.3 Å². The van der Waals surface area contributed by atoms with Crippen LogP contribution in [-0.2, 0) is 9.53 Å². The van der Waals surface area contributed by atoms with Crippen molar-refractivity contribution in [2.24, 2.45) is 5.41 Å². The molecule has 90 valence electrons. The third-order valence-corrected chi connectivity index (χ3v) is 3.61. The molecule has 0 saturated carbocycles. The molecule has 1 N–H and O–H groups in total. The number of rotatable bonds is 4. The fourth-order valence-electron chi connectivity index (χ4n) is 2.72. The molecule has 2 rings (SSSR count). The molecule has 0 aromatic rings. The average Bonchev–Trinajstić information content (AvgIpc) is 2.80. The molecule has 2 heterocycles. The molecule has 0 aliphatic carbocycles. The van der Waals surface area contributed by atoms with Gasteiger partial charge < -0.3 is 10.1 Å². The summed E-state index contributed by atoms with van der Waals surface area (Å²) in [7, 11) is 0. The lowest BCUT2D eigenvalue weighted by atomic mass is 9.77. The second-order valence-corrected chi connectivity index (χ2v) is 4.85. The minimum Gasteiger partial charge on any atom is -0.490 e. The van der Waals surface area contributed by atoms with Gasteiger partial charge in [-0.2, -0.15) is 0 Å². The second-order valence-electron chi connectivity index (χ2n) is 4.85. The van der Waals surface area contributed by atoms with E-state index in [1.807, 2.05) is 6.08 Å². The zero-order valence-electron chi connectivity index (χ0n) is 10.1. The predicted molar refractivity (Wildman–Crippen MR) is 63.1 cm³/mol. The van der Waals surface area contributed by atoms with Crippen LogP contribution in [0.4, 0.5) is 0 Å². The SMILES string of the molecule is CCCC1(C(=O)C2=CCCCO2)CCNC1. The van der Waals surface area contributed by atoms with Crippen molar-refractivity contribution in [2.45, 2.75) is 39.0 Å². The van der Waals surface area contributed by atoms with Gasteiger partial charge in [0.25, 0.3) is 0 Å². The maximum Gasteiger partial charge on any atom is 0.204 e. The Kier molecular flexibility index (Phi) is 3.64. The van der Waals surface area contributed by atoms with E-state index in [-0.39, 0.29) is 11.2 Å². The Balaban J connectivity index is 2.13. The summed E-state index contributed by atoms with van der Waals surface area (Å²) in [5, 5.41) is 3.31. The Morgan fingerprint density at radius 1 is 1.62 bits per heavy atom. The van der Waals surface area contributed by atoms with E-state index in [4.69, 9.17) is 4.74 Å². The first-order chi connectivity index (χ1) is 7.78. The Morgan fingerprint density at radius 2 is 2.50 bits per heavy atom. The van der Waals surface area contributed by atoms with Crippen LogP contribution in [0, 0.1) is 5.41 Å². The van der Waals surface area contributed by atoms with Crippen molar-refractivity contribution in [3.05, 3.63) is 11.8 Å². The summed E-state index contributed by atoms with van der Waals surface area (Å²) in [5.41, 5.74) is -0.183. The number of nitrogens with one attached hydrogen (secondary N) is 1. The van der Waals surface area contributed by atoms with Gasteiger partial charge in [-0.1, -0.05) is 13.3 Å². The summed E-state index contributed by atoms with van der Waals surface area (Å²) >= 11 is 0. The Labute approximate surface area is 97.2 Å². The van der Waals surface area contributed by atoms with Crippen molar-refractivity contribution >= 4 is 5.78 Å². The van der Waals surface area contributed by atoms with Crippen LogP contribution in [0.2, 0.25) is 0 Å². The van der Waals surface area contributed by atoms with Gasteiger partial charge in [-0.05, 0) is 38.3 Å². The summed E-state index contributed by atoms with van der Waals surface area (Å²) in [6.45, 7) is 4.62. The number of ketones is 1. The number of Topliss-reactive ketones (excluding diaryl/α,β-unsaturated/α-hetero) is 1. The van der Waals surface area contributed by atoms with Crippen LogP contribution in [0.1, 0.15) is 39.0 Å². The standard InChI is InChI=1S/C13H21NO2/c1-2-6-13(7-8-14-10-13)12(15)11-5-3-4-9-16-11/h5,14H,2-4,6-10H2,1H3. The molecule has 1 fully saturated rings. The third kappa shape index (κ3) is 2.14. The molecule has 0 spiro atoms. The van der Waals surface area contributed by atoms with Gasteiger partial charge in [0, 0.05) is 6.54 Å². The van der Waals surface area contributed by atoms with Gasteiger partial charge in [0.05, 0.1) is 12.0 Å². The lowest BCUT2D eigenvalue weighted by Crippen LogP contribution is -2.35. The highest BCUT2D eigenvalue weighted by Crippen LogP contribution is 2.35. The van der Waals surface area contributed by atoms with E-state index in [2.05, 4.69) is 12.2 Å². The molecule has 1 atom stereocenters. The maximum atomic E-state index is 12.5. The molecule has 0 amide bonds. The lowest BCUT2D eigenvalue weighted by molar-refractivity contribution is -0.128. The van der Waals surface area contributed by atoms with Gasteiger partial charge in [-0.25, -0.2) is 0 Å². The number of allylic oxidation sites excluding steroid dienone is 2. The molecule has 1 saturated heterocycles. The van der Waals surface area contributed by atoms with Crippen molar-refractivity contribution in [1.29, 1.82) is 0 Å². The molecule has 0 bridgehead atoms. The van der Waals surface area contributed by atoms with Gasteiger partial charge in [0.2, 0.25) is 5.78 Å². The number of ether oxygens (including phenoxy) is 1. The Hall–Kier alpha value is -0.830. The highest BCUT2D eigenvalue weighted by atomic mass is 16.5. The van der Waals surface area contributed by atoms with Crippen LogP contribution in [-0.4, -0.2) is 25.5 Å². The summed E-state index contributed by atoms with van der Waals surface area (Å²) in [4.78, 5) is 12.5. The molecule has 0 aromatic carbocycles. The molecular formula is C13H21NO2. The number of carbonyl (C=O) groups is 1. The molecule has 0 radical (unpaired) electrons. The minimum atomic E-state index is -0.183. The van der Waals surface area contributed by atoms with Crippen molar-refractivity contribution in [3.8, 4) is 0 Å². The summed E-state index contributed by atoms with van der Waals surface area (Å²) in [6.07, 6.45) is 6.98. The quantitative estimate of drug-likeness (QED) is 0.792. The highest BCUT2D eigenvalue weighted by Gasteiger charge is 2.42. The van der Waals surface area contributed by atoms with Crippen LogP contribution in [0.15, 0.2) is 11.8 Å². The summed E-state index contributed by atoms with van der Waals surface area (Å²) < 4.78 is 5.51. The largest absolute Gasteiger partial charge is 0.490 e. The third-order valence-electron chi connectivity index (χ3n) is 3.61. The maximum absolute atomic E-state index is 12.5. The Morgan fingerprint density at radius 3 is 3.06 bits per heavy atom. The van der Waals surface area contributed by atoms with E-state index < -0.39 is 0 Å². The summed E-state index contributed by atoms with van der Waals surface area (Å²) in [6, 6.07) is 0. The molecule has 2 aliphatic heterocycles. The Bertz CT molecular complexity index is 290. The molecule has 3 nitrogen and oxygen atoms in total. The van der Waals surface area contributed by atoms with E-state index in [9.17, 15) is 4.79 Å². The summed E-state index contributed by atoms with van der Waals surface area (Å²) in [5.74, 6) is 0.863. The van der Waals surface area contributed by atoms with E-state index in [0.29, 0.717) is 12.4 Å². The van der Waals surface area contributed by atoms with Crippen molar-refractivity contribution in [2.75, 3.05) is 19.7 Å². The molecule has 16 heavy (non-hydrogen) atoms. The second kappa shape index (κ2) is 5.00. The minimum absolute atomic E-state index is 0.183. The van der Waals surface area contributed by atoms with E-state index in [0.717, 1.165) is 45.2 Å². The number of carbonyl (C=O) groups excluding carboxylic acids is 1. The molecular weight excluding hydrogens is 202 g/mol. The van der Waals surface area contributed by atoms with Gasteiger partial charge in [0.15, 0.2) is 5.76 Å². The average molecular weight is 223 g/mol. The van der Waals surface area contributed by atoms with E-state index in [1.54, 1.807) is 0 Å². The molecule has 2 aliphatic rings. The first-order valence-electron chi connectivity index (χ1n) is 6.37. The zero-order chi connectivity index (χ0) is 11.4. The van der Waals surface area contributed by atoms with E-state index in [1.165, 1.54) is 0 Å². The molecule has 3 heteroatoms. The van der Waals surface area contributed by atoms with Crippen molar-refractivity contribution < 1.29 is 9.53 Å². The normalized spacial score (nSPS) is 29.7. The van der Waals surface area contributed by atoms with Crippen LogP contribution in [0.5, 0.6) is 0 Å². The first kappa shape index (κ1) is 11.6. The van der Waals surface area contributed by atoms with Crippen LogP contribution < -0.4 is 5.32 Å². The lowest BCUT2D eigenvalue weighted by Gasteiger charge is -2.28. The van der Waals surface area contributed by atoms with Crippen LogP contribution in [0.25, 0.3) is 0 Å². The smallest absolute Gasteiger partial charge is 0.204 e. The van der Waals surface area contributed by atoms with Crippen molar-refractivity contribution in [1.82, 2.24) is 5.32 Å². The molecule has 0 aromatic heterocycles. The van der Waals surface area contributed by atoms with Gasteiger partial charge in [-0.15, -0.1) is 0 Å². The van der Waals surface area contributed by atoms with Crippen LogP contribution in [0.3, 0.4) is 0 Å². The molecule has 1 unspecified atom stereocenters. The van der Waals surface area contributed by atoms with Gasteiger partial charge in [-0.3, -0.25) is 4.79 Å². The van der Waals surface area contributed by atoms with Gasteiger partial charge >= 0.3 is 0 Å². The fraction of sp³-hybridized carbons (Fsp3) is 0.769. The predicted octanol–water partition coefficient (Wildman–Crippen LogP) is 2.03.